The molecule has 3 aromatic rings. The fourth-order valence-electron chi connectivity index (χ4n) is 4.46. The third kappa shape index (κ3) is 5.58. The molecule has 2 heterocycles. The van der Waals surface area contributed by atoms with Crippen molar-refractivity contribution >= 4 is 10.0 Å². The topological polar surface area (TPSA) is 112 Å². The van der Waals surface area contributed by atoms with Crippen molar-refractivity contribution in [2.24, 2.45) is 0 Å². The zero-order valence-corrected chi connectivity index (χ0v) is 19.5. The SMILES string of the molecule is O=c1ccn(CCCS(=O)(=O)N2CCC(c3c(F)cccc3C(O)c3cccc(F)c3)C2)c(=O)[nH]1. The number of halogens is 2. The van der Waals surface area contributed by atoms with Gasteiger partial charge in [0.2, 0.25) is 10.0 Å². The number of rotatable bonds is 8. The van der Waals surface area contributed by atoms with Gasteiger partial charge in [-0.25, -0.2) is 26.3 Å². The molecule has 0 amide bonds. The van der Waals surface area contributed by atoms with Crippen molar-refractivity contribution in [3.63, 3.8) is 0 Å². The predicted octanol–water partition coefficient (Wildman–Crippen LogP) is 2.11. The number of aryl methyl sites for hydroxylation is 1. The molecular weight excluding hydrogens is 480 g/mol. The largest absolute Gasteiger partial charge is 0.384 e. The Hall–Kier alpha value is -3.15. The molecule has 11 heteroatoms. The predicted molar refractivity (Wildman–Crippen MR) is 126 cm³/mol. The maximum Gasteiger partial charge on any atom is 0.328 e. The average Bonchev–Trinajstić information content (AvgIpc) is 3.31. The summed E-state index contributed by atoms with van der Waals surface area (Å²) in [6.45, 7) is 0.351. The Morgan fingerprint density at radius 1 is 1.11 bits per heavy atom. The molecule has 2 atom stereocenters. The summed E-state index contributed by atoms with van der Waals surface area (Å²) >= 11 is 0. The zero-order chi connectivity index (χ0) is 25.2. The second-order valence-electron chi connectivity index (χ2n) is 8.52. The monoisotopic (exact) mass is 505 g/mol. The third-order valence-corrected chi connectivity index (χ3v) is 8.12. The van der Waals surface area contributed by atoms with Crippen LogP contribution >= 0.6 is 0 Å². The lowest BCUT2D eigenvalue weighted by Gasteiger charge is -2.21. The molecule has 2 N–H and O–H groups in total. The van der Waals surface area contributed by atoms with Crippen LogP contribution in [0.5, 0.6) is 0 Å². The second-order valence-corrected chi connectivity index (χ2v) is 10.6. The number of sulfonamides is 1. The fourth-order valence-corrected chi connectivity index (χ4v) is 6.01. The number of H-pyrrole nitrogens is 1. The van der Waals surface area contributed by atoms with Crippen LogP contribution in [0.3, 0.4) is 0 Å². The van der Waals surface area contributed by atoms with Gasteiger partial charge < -0.3 is 9.67 Å². The van der Waals surface area contributed by atoms with E-state index in [1.807, 2.05) is 0 Å². The zero-order valence-electron chi connectivity index (χ0n) is 18.7. The molecule has 1 aromatic heterocycles. The summed E-state index contributed by atoms with van der Waals surface area (Å²) < 4.78 is 56.9. The molecule has 1 aliphatic heterocycles. The van der Waals surface area contributed by atoms with Crippen LogP contribution in [0.15, 0.2) is 64.3 Å². The first-order valence-electron chi connectivity index (χ1n) is 11.1. The van der Waals surface area contributed by atoms with Crippen molar-refractivity contribution in [3.05, 3.63) is 104 Å². The van der Waals surface area contributed by atoms with Crippen molar-refractivity contribution in [2.75, 3.05) is 18.8 Å². The van der Waals surface area contributed by atoms with Crippen LogP contribution in [0.2, 0.25) is 0 Å². The Morgan fingerprint density at radius 3 is 2.63 bits per heavy atom. The molecule has 0 radical (unpaired) electrons. The molecule has 0 spiro atoms. The Balaban J connectivity index is 1.48. The van der Waals surface area contributed by atoms with E-state index in [0.717, 1.165) is 0 Å². The van der Waals surface area contributed by atoms with Gasteiger partial charge in [-0.15, -0.1) is 0 Å². The first-order valence-corrected chi connectivity index (χ1v) is 12.8. The highest BCUT2D eigenvalue weighted by molar-refractivity contribution is 7.89. The molecule has 1 saturated heterocycles. The molecule has 2 unspecified atom stereocenters. The van der Waals surface area contributed by atoms with E-state index in [9.17, 15) is 31.9 Å². The molecule has 0 aliphatic carbocycles. The Morgan fingerprint density at radius 2 is 1.89 bits per heavy atom. The molecule has 2 aromatic carbocycles. The van der Waals surface area contributed by atoms with Gasteiger partial charge in [0.15, 0.2) is 0 Å². The van der Waals surface area contributed by atoms with Gasteiger partial charge in [-0.05, 0) is 47.7 Å². The van der Waals surface area contributed by atoms with E-state index in [2.05, 4.69) is 4.98 Å². The minimum absolute atomic E-state index is 0.0464. The quantitative estimate of drug-likeness (QED) is 0.487. The van der Waals surface area contributed by atoms with Crippen molar-refractivity contribution in [3.8, 4) is 0 Å². The van der Waals surface area contributed by atoms with Crippen molar-refractivity contribution < 1.29 is 22.3 Å². The highest BCUT2D eigenvalue weighted by Gasteiger charge is 2.35. The first-order chi connectivity index (χ1) is 16.7. The third-order valence-electron chi connectivity index (χ3n) is 6.20. The number of aromatic nitrogens is 2. The van der Waals surface area contributed by atoms with Gasteiger partial charge in [0.25, 0.3) is 5.56 Å². The lowest BCUT2D eigenvalue weighted by molar-refractivity contribution is 0.217. The molecule has 186 valence electrons. The summed E-state index contributed by atoms with van der Waals surface area (Å²) in [6.07, 6.45) is 0.558. The van der Waals surface area contributed by atoms with Crippen molar-refractivity contribution in [1.29, 1.82) is 0 Å². The summed E-state index contributed by atoms with van der Waals surface area (Å²) in [7, 11) is -3.68. The first kappa shape index (κ1) is 25.0. The van der Waals surface area contributed by atoms with Crippen LogP contribution in [0.4, 0.5) is 8.78 Å². The van der Waals surface area contributed by atoms with Gasteiger partial charge in [-0.2, -0.15) is 0 Å². The van der Waals surface area contributed by atoms with E-state index in [-0.39, 0.29) is 48.5 Å². The number of aliphatic hydroxyl groups excluding tert-OH is 1. The van der Waals surface area contributed by atoms with Crippen LogP contribution in [0, 0.1) is 11.6 Å². The molecule has 4 rings (SSSR count). The Labute approximate surface area is 200 Å². The lowest BCUT2D eigenvalue weighted by atomic mass is 9.88. The highest BCUT2D eigenvalue weighted by atomic mass is 32.2. The summed E-state index contributed by atoms with van der Waals surface area (Å²) in [5, 5.41) is 10.9. The molecule has 0 bridgehead atoms. The van der Waals surface area contributed by atoms with Crippen LogP contribution in [-0.4, -0.2) is 46.2 Å². The minimum atomic E-state index is -3.68. The second kappa shape index (κ2) is 10.2. The Bertz CT molecular complexity index is 1440. The number of aromatic amines is 1. The number of aliphatic hydroxyl groups is 1. The lowest BCUT2D eigenvalue weighted by Crippen LogP contribution is -2.33. The maximum absolute atomic E-state index is 14.9. The molecule has 1 fully saturated rings. The van der Waals surface area contributed by atoms with Crippen molar-refractivity contribution in [2.45, 2.75) is 31.4 Å². The number of nitrogens with one attached hydrogen (secondary N) is 1. The molecule has 0 saturated carbocycles. The minimum Gasteiger partial charge on any atom is -0.384 e. The smallest absolute Gasteiger partial charge is 0.328 e. The normalized spacial score (nSPS) is 17.5. The van der Waals surface area contributed by atoms with Crippen LogP contribution in [0.1, 0.15) is 41.6 Å². The molecule has 1 aliphatic rings. The van der Waals surface area contributed by atoms with Crippen LogP contribution < -0.4 is 11.2 Å². The summed E-state index contributed by atoms with van der Waals surface area (Å²) in [4.78, 5) is 25.0. The number of hydrogen-bond acceptors (Lipinski definition) is 5. The number of hydrogen-bond donors (Lipinski definition) is 2. The van der Waals surface area contributed by atoms with Gasteiger partial charge in [0.05, 0.1) is 5.75 Å². The molecule has 35 heavy (non-hydrogen) atoms. The van der Waals surface area contributed by atoms with Gasteiger partial charge in [-0.1, -0.05) is 24.3 Å². The Kier molecular flexibility index (Phi) is 7.29. The van der Waals surface area contributed by atoms with Gasteiger partial charge >= 0.3 is 5.69 Å². The number of benzene rings is 2. The standard InChI is InChI=1S/C24H25F2N3O5S/c25-18-5-1-4-16(14-18)23(31)19-6-2-7-20(26)22(19)17-8-12-29(15-17)35(33,34)13-3-10-28-11-9-21(30)27-24(28)32/h1-2,4-7,9,11,14,17,23,31H,3,8,10,12-13,15H2,(H,27,30,32). The van der Waals surface area contributed by atoms with E-state index < -0.39 is 44.9 Å². The summed E-state index contributed by atoms with van der Waals surface area (Å²) in [5.74, 6) is -1.78. The van der Waals surface area contributed by atoms with Crippen molar-refractivity contribution in [1.82, 2.24) is 13.9 Å². The van der Waals surface area contributed by atoms with E-state index in [0.29, 0.717) is 6.42 Å². The fraction of sp³-hybridized carbons (Fsp3) is 0.333. The van der Waals surface area contributed by atoms with E-state index >= 15 is 0 Å². The van der Waals surface area contributed by atoms with Crippen LogP contribution in [-0.2, 0) is 16.6 Å². The van der Waals surface area contributed by atoms with E-state index in [1.165, 1.54) is 51.5 Å². The molecule has 8 nitrogen and oxygen atoms in total. The number of nitrogens with zero attached hydrogens (tertiary/aromatic N) is 2. The van der Waals surface area contributed by atoms with E-state index in [4.69, 9.17) is 0 Å². The molecular formula is C24H25F2N3O5S. The van der Waals surface area contributed by atoms with Gasteiger partial charge in [0, 0.05) is 37.8 Å². The van der Waals surface area contributed by atoms with Crippen LogP contribution in [0.25, 0.3) is 0 Å². The summed E-state index contributed by atoms with van der Waals surface area (Å²) in [6, 6.07) is 10.9. The summed E-state index contributed by atoms with van der Waals surface area (Å²) in [5.41, 5.74) is -0.368. The average molecular weight is 506 g/mol. The van der Waals surface area contributed by atoms with E-state index in [1.54, 1.807) is 12.1 Å². The van der Waals surface area contributed by atoms with Gasteiger partial charge in [-0.3, -0.25) is 9.78 Å². The van der Waals surface area contributed by atoms with Gasteiger partial charge in [0.1, 0.15) is 17.7 Å². The highest BCUT2D eigenvalue weighted by Crippen LogP contribution is 2.37. The maximum atomic E-state index is 14.9.